The number of amides is 1. The molecular formula is C8H18N2O4S. The van der Waals surface area contributed by atoms with Crippen LogP contribution < -0.4 is 10.0 Å². The average molecular weight is 238 g/mol. The Balaban J connectivity index is 3.65. The van der Waals surface area contributed by atoms with E-state index in [9.17, 15) is 13.2 Å². The van der Waals surface area contributed by atoms with Gasteiger partial charge in [-0.05, 0) is 6.42 Å². The molecule has 0 atom stereocenters. The van der Waals surface area contributed by atoms with Gasteiger partial charge in [0.1, 0.15) is 0 Å². The Morgan fingerprint density at radius 3 is 2.60 bits per heavy atom. The Morgan fingerprint density at radius 2 is 2.07 bits per heavy atom. The van der Waals surface area contributed by atoms with Crippen LogP contribution in [0.1, 0.15) is 19.8 Å². The number of sulfonamides is 1. The van der Waals surface area contributed by atoms with Gasteiger partial charge in [-0.15, -0.1) is 0 Å². The maximum Gasteiger partial charge on any atom is 0.220 e. The van der Waals surface area contributed by atoms with Gasteiger partial charge in [-0.1, -0.05) is 6.92 Å². The zero-order chi connectivity index (χ0) is 11.7. The summed E-state index contributed by atoms with van der Waals surface area (Å²) < 4.78 is 24.6. The van der Waals surface area contributed by atoms with E-state index in [-0.39, 0.29) is 31.2 Å². The molecule has 3 N–H and O–H groups in total. The van der Waals surface area contributed by atoms with E-state index in [2.05, 4.69) is 10.0 Å². The maximum atomic E-state index is 11.1. The summed E-state index contributed by atoms with van der Waals surface area (Å²) in [6.45, 7) is 2.10. The lowest BCUT2D eigenvalue weighted by Gasteiger charge is -2.05. The fourth-order valence-electron chi connectivity index (χ4n) is 0.945. The van der Waals surface area contributed by atoms with E-state index in [0.717, 1.165) is 0 Å². The molecule has 0 saturated heterocycles. The molecule has 0 aliphatic heterocycles. The zero-order valence-electron chi connectivity index (χ0n) is 8.82. The first-order valence-electron chi connectivity index (χ1n) is 4.86. The molecule has 0 unspecified atom stereocenters. The number of carbonyl (C=O) groups excluding carboxylic acids is 1. The molecule has 6 nitrogen and oxygen atoms in total. The van der Waals surface area contributed by atoms with Crippen LogP contribution in [0.2, 0.25) is 0 Å². The predicted molar refractivity (Wildman–Crippen MR) is 56.8 cm³/mol. The van der Waals surface area contributed by atoms with Crippen molar-refractivity contribution in [3.8, 4) is 0 Å². The lowest BCUT2D eigenvalue weighted by Crippen LogP contribution is -2.34. The second-order valence-corrected chi connectivity index (χ2v) is 4.92. The fraction of sp³-hybridized carbons (Fsp3) is 0.875. The summed E-state index contributed by atoms with van der Waals surface area (Å²) in [5.74, 6) is -0.359. The minimum Gasteiger partial charge on any atom is -0.396 e. The molecule has 7 heteroatoms. The first kappa shape index (κ1) is 14.3. The van der Waals surface area contributed by atoms with Gasteiger partial charge >= 0.3 is 0 Å². The van der Waals surface area contributed by atoms with Gasteiger partial charge in [0, 0.05) is 26.1 Å². The Labute approximate surface area is 90.1 Å². The van der Waals surface area contributed by atoms with E-state index < -0.39 is 10.0 Å². The number of hydrogen-bond acceptors (Lipinski definition) is 4. The molecule has 0 aliphatic carbocycles. The molecule has 0 heterocycles. The Hall–Kier alpha value is -0.660. The van der Waals surface area contributed by atoms with Gasteiger partial charge in [-0.2, -0.15) is 0 Å². The fourth-order valence-corrected chi connectivity index (χ4v) is 1.90. The summed E-state index contributed by atoms with van der Waals surface area (Å²) in [6.07, 6.45) is 0.615. The highest BCUT2D eigenvalue weighted by atomic mass is 32.2. The van der Waals surface area contributed by atoms with Crippen molar-refractivity contribution >= 4 is 15.9 Å². The molecule has 0 fully saturated rings. The van der Waals surface area contributed by atoms with E-state index in [0.29, 0.717) is 13.0 Å². The van der Waals surface area contributed by atoms with Gasteiger partial charge < -0.3 is 10.4 Å². The number of aliphatic hydroxyl groups excluding tert-OH is 1. The van der Waals surface area contributed by atoms with Gasteiger partial charge in [-0.25, -0.2) is 13.1 Å². The smallest absolute Gasteiger partial charge is 0.220 e. The first-order chi connectivity index (χ1) is 7.02. The Bertz CT molecular complexity index is 276. The lowest BCUT2D eigenvalue weighted by molar-refractivity contribution is -0.121. The number of nitrogens with one attached hydrogen (secondary N) is 2. The van der Waals surface area contributed by atoms with E-state index >= 15 is 0 Å². The number of carbonyl (C=O) groups is 1. The molecule has 0 radical (unpaired) electrons. The molecule has 0 spiro atoms. The molecule has 0 rings (SSSR count). The Kier molecular flexibility index (Phi) is 7.27. The Morgan fingerprint density at radius 1 is 1.40 bits per heavy atom. The molecule has 90 valence electrons. The number of hydrogen-bond donors (Lipinski definition) is 3. The third kappa shape index (κ3) is 8.34. The largest absolute Gasteiger partial charge is 0.396 e. The summed E-state index contributed by atoms with van der Waals surface area (Å²) in [5, 5.41) is 10.9. The van der Waals surface area contributed by atoms with E-state index in [1.807, 2.05) is 0 Å². The normalized spacial score (nSPS) is 11.3. The maximum absolute atomic E-state index is 11.1. The van der Waals surface area contributed by atoms with Crippen molar-refractivity contribution in [2.45, 2.75) is 19.8 Å². The van der Waals surface area contributed by atoms with Crippen molar-refractivity contribution in [2.24, 2.45) is 0 Å². The molecule has 1 amide bonds. The molecular weight excluding hydrogens is 220 g/mol. The molecule has 0 aromatic heterocycles. The third-order valence-corrected chi connectivity index (χ3v) is 3.09. The van der Waals surface area contributed by atoms with Crippen LogP contribution in [0.4, 0.5) is 0 Å². The summed E-state index contributed by atoms with van der Waals surface area (Å²) in [5.41, 5.74) is 0. The topological polar surface area (TPSA) is 95.5 Å². The number of aliphatic hydroxyl groups is 1. The molecule has 0 bridgehead atoms. The molecule has 0 saturated carbocycles. The average Bonchev–Trinajstić information content (AvgIpc) is 2.14. The van der Waals surface area contributed by atoms with Crippen LogP contribution in [0, 0.1) is 0 Å². The van der Waals surface area contributed by atoms with Crippen LogP contribution in [0.3, 0.4) is 0 Å². The summed E-state index contributed by atoms with van der Waals surface area (Å²) in [7, 11) is -3.26. The van der Waals surface area contributed by atoms with Crippen molar-refractivity contribution in [2.75, 3.05) is 25.4 Å². The third-order valence-electron chi connectivity index (χ3n) is 1.62. The van der Waals surface area contributed by atoms with Gasteiger partial charge in [-0.3, -0.25) is 4.79 Å². The highest BCUT2D eigenvalue weighted by molar-refractivity contribution is 7.89. The van der Waals surface area contributed by atoms with Crippen molar-refractivity contribution in [3.05, 3.63) is 0 Å². The summed E-state index contributed by atoms with van der Waals surface area (Å²) in [4.78, 5) is 11.0. The van der Waals surface area contributed by atoms with E-state index in [4.69, 9.17) is 5.11 Å². The van der Waals surface area contributed by atoms with E-state index in [1.54, 1.807) is 6.92 Å². The molecule has 0 aliphatic rings. The quantitative estimate of drug-likeness (QED) is 0.496. The summed E-state index contributed by atoms with van der Waals surface area (Å²) in [6, 6.07) is 0. The predicted octanol–water partition coefficient (Wildman–Crippen LogP) is -1.19. The van der Waals surface area contributed by atoms with Crippen LogP contribution in [0.25, 0.3) is 0 Å². The van der Waals surface area contributed by atoms with E-state index in [1.165, 1.54) is 0 Å². The second kappa shape index (κ2) is 7.61. The molecule has 0 aromatic carbocycles. The highest BCUT2D eigenvalue weighted by Gasteiger charge is 2.08. The summed E-state index contributed by atoms with van der Waals surface area (Å²) >= 11 is 0. The van der Waals surface area contributed by atoms with Crippen LogP contribution in [-0.4, -0.2) is 44.9 Å². The van der Waals surface area contributed by atoms with Crippen LogP contribution in [0.15, 0.2) is 0 Å². The van der Waals surface area contributed by atoms with Gasteiger partial charge in [0.15, 0.2) is 0 Å². The minimum atomic E-state index is -3.26. The van der Waals surface area contributed by atoms with Gasteiger partial charge in [0.2, 0.25) is 15.9 Å². The molecule has 15 heavy (non-hydrogen) atoms. The van der Waals surface area contributed by atoms with Gasteiger partial charge in [0.25, 0.3) is 0 Å². The van der Waals surface area contributed by atoms with Crippen LogP contribution in [0.5, 0.6) is 0 Å². The van der Waals surface area contributed by atoms with Crippen LogP contribution in [-0.2, 0) is 14.8 Å². The van der Waals surface area contributed by atoms with Crippen LogP contribution >= 0.6 is 0 Å². The van der Waals surface area contributed by atoms with Gasteiger partial charge in [0.05, 0.1) is 5.75 Å². The molecule has 0 aromatic rings. The van der Waals surface area contributed by atoms with Crippen molar-refractivity contribution in [3.63, 3.8) is 0 Å². The SMILES string of the molecule is CCNS(=O)(=O)CCNC(=O)CCCO. The lowest BCUT2D eigenvalue weighted by atomic mass is 10.3. The monoisotopic (exact) mass is 238 g/mol. The highest BCUT2D eigenvalue weighted by Crippen LogP contribution is 1.87. The number of rotatable bonds is 8. The zero-order valence-corrected chi connectivity index (χ0v) is 9.64. The first-order valence-corrected chi connectivity index (χ1v) is 6.52. The minimum absolute atomic E-state index is 0.0386. The standard InChI is InChI=1S/C8H18N2O4S/c1-2-10-15(13,14)7-5-9-8(12)4-3-6-11/h10-11H,2-7H2,1H3,(H,9,12). The van der Waals surface area contributed by atoms with Crippen molar-refractivity contribution in [1.82, 2.24) is 10.0 Å². The van der Waals surface area contributed by atoms with Crippen molar-refractivity contribution in [1.29, 1.82) is 0 Å². The van der Waals surface area contributed by atoms with Crippen molar-refractivity contribution < 1.29 is 18.3 Å². The second-order valence-electron chi connectivity index (χ2n) is 2.99.